The van der Waals surface area contributed by atoms with E-state index >= 15 is 0 Å². The number of carbonyl (C=O) groups excluding carboxylic acids is 1. The van der Waals surface area contributed by atoms with Crippen LogP contribution in [0.3, 0.4) is 0 Å². The Morgan fingerprint density at radius 1 is 1.22 bits per heavy atom. The fraction of sp³-hybridized carbons (Fsp3) is 0.316. The van der Waals surface area contributed by atoms with Crippen LogP contribution in [-0.2, 0) is 14.8 Å². The largest absolute Gasteiger partial charge is 0.377 e. The first-order chi connectivity index (χ1) is 12.8. The average Bonchev–Trinajstić information content (AvgIpc) is 3.17. The summed E-state index contributed by atoms with van der Waals surface area (Å²) in [6, 6.07) is 11.0. The predicted molar refractivity (Wildman–Crippen MR) is 105 cm³/mol. The molecule has 1 amide bonds. The maximum Gasteiger partial charge on any atom is 0.255 e. The Morgan fingerprint density at radius 2 is 1.96 bits per heavy atom. The van der Waals surface area contributed by atoms with Crippen molar-refractivity contribution in [2.75, 3.05) is 18.5 Å². The smallest absolute Gasteiger partial charge is 0.255 e. The third-order valence-corrected chi connectivity index (χ3v) is 6.23. The van der Waals surface area contributed by atoms with Crippen LogP contribution in [0.25, 0.3) is 0 Å². The topological polar surface area (TPSA) is 84.5 Å². The first-order valence-corrected chi connectivity index (χ1v) is 10.5. The van der Waals surface area contributed by atoms with Crippen molar-refractivity contribution in [3.8, 4) is 0 Å². The fourth-order valence-electron chi connectivity index (χ4n) is 2.75. The Kier molecular flexibility index (Phi) is 6.16. The van der Waals surface area contributed by atoms with Crippen molar-refractivity contribution in [3.63, 3.8) is 0 Å². The van der Waals surface area contributed by atoms with Crippen molar-refractivity contribution in [1.29, 1.82) is 0 Å². The van der Waals surface area contributed by atoms with E-state index in [-0.39, 0.29) is 23.5 Å². The summed E-state index contributed by atoms with van der Waals surface area (Å²) >= 11 is 6.06. The van der Waals surface area contributed by atoms with E-state index in [2.05, 4.69) is 10.0 Å². The van der Waals surface area contributed by atoms with Crippen LogP contribution >= 0.6 is 11.6 Å². The van der Waals surface area contributed by atoms with Gasteiger partial charge in [0.2, 0.25) is 10.0 Å². The molecule has 0 radical (unpaired) electrons. The van der Waals surface area contributed by atoms with E-state index in [1.807, 2.05) is 13.0 Å². The molecule has 6 nitrogen and oxygen atoms in total. The first kappa shape index (κ1) is 19.8. The summed E-state index contributed by atoms with van der Waals surface area (Å²) in [6.07, 6.45) is 1.72. The molecule has 0 saturated carbocycles. The standard InChI is InChI=1S/C19H21ClN2O4S/c1-13-4-7-15(11-18(13)20)22-19(23)14-5-8-17(9-6-14)27(24,25)21-12-16-3-2-10-26-16/h4-9,11,16,21H,2-3,10,12H2,1H3,(H,22,23)/t16-/m0/s1. The Balaban J connectivity index is 1.64. The lowest BCUT2D eigenvalue weighted by atomic mass is 10.2. The van der Waals surface area contributed by atoms with Crippen molar-refractivity contribution >= 4 is 33.2 Å². The van der Waals surface area contributed by atoms with Crippen molar-refractivity contribution in [1.82, 2.24) is 4.72 Å². The highest BCUT2D eigenvalue weighted by molar-refractivity contribution is 7.89. The lowest BCUT2D eigenvalue weighted by Gasteiger charge is -2.12. The molecule has 2 aromatic carbocycles. The third-order valence-electron chi connectivity index (χ3n) is 4.38. The number of halogens is 1. The Bertz CT molecular complexity index is 923. The molecule has 1 atom stereocenters. The summed E-state index contributed by atoms with van der Waals surface area (Å²) in [5, 5.41) is 3.30. The number of anilines is 1. The van der Waals surface area contributed by atoms with Gasteiger partial charge in [-0.1, -0.05) is 17.7 Å². The minimum Gasteiger partial charge on any atom is -0.377 e. The second-order valence-electron chi connectivity index (χ2n) is 6.43. The summed E-state index contributed by atoms with van der Waals surface area (Å²) in [7, 11) is -3.64. The molecule has 0 aromatic heterocycles. The quantitative estimate of drug-likeness (QED) is 0.767. The van der Waals surface area contributed by atoms with E-state index < -0.39 is 10.0 Å². The van der Waals surface area contributed by atoms with Gasteiger partial charge in [0.05, 0.1) is 11.0 Å². The van der Waals surface area contributed by atoms with Crippen molar-refractivity contribution in [3.05, 3.63) is 58.6 Å². The van der Waals surface area contributed by atoms with Gasteiger partial charge in [0.1, 0.15) is 0 Å². The summed E-state index contributed by atoms with van der Waals surface area (Å²) in [5.74, 6) is -0.341. The van der Waals surface area contributed by atoms with E-state index in [0.717, 1.165) is 18.4 Å². The number of amides is 1. The summed E-state index contributed by atoms with van der Waals surface area (Å²) < 4.78 is 32.7. The van der Waals surface area contributed by atoms with Crippen LogP contribution in [0.5, 0.6) is 0 Å². The average molecular weight is 409 g/mol. The first-order valence-electron chi connectivity index (χ1n) is 8.64. The van der Waals surface area contributed by atoms with Crippen LogP contribution in [0.1, 0.15) is 28.8 Å². The summed E-state index contributed by atoms with van der Waals surface area (Å²) in [6.45, 7) is 2.79. The zero-order valence-corrected chi connectivity index (χ0v) is 16.4. The van der Waals surface area contributed by atoms with Gasteiger partial charge in [-0.3, -0.25) is 4.79 Å². The van der Waals surface area contributed by atoms with Crippen molar-refractivity contribution in [2.24, 2.45) is 0 Å². The van der Waals surface area contributed by atoms with Crippen molar-refractivity contribution in [2.45, 2.75) is 30.8 Å². The monoisotopic (exact) mass is 408 g/mol. The molecule has 3 rings (SSSR count). The summed E-state index contributed by atoms with van der Waals surface area (Å²) in [5.41, 5.74) is 1.84. The van der Waals surface area contributed by atoms with Crippen LogP contribution in [0.4, 0.5) is 5.69 Å². The molecule has 1 saturated heterocycles. The second-order valence-corrected chi connectivity index (χ2v) is 8.60. The van der Waals surface area contributed by atoms with Gasteiger partial charge in [-0.15, -0.1) is 0 Å². The molecule has 1 fully saturated rings. The zero-order valence-electron chi connectivity index (χ0n) is 14.9. The SMILES string of the molecule is Cc1ccc(NC(=O)c2ccc(S(=O)(=O)NC[C@@H]3CCCO3)cc2)cc1Cl. The van der Waals surface area contributed by atoms with E-state index in [1.165, 1.54) is 24.3 Å². The normalized spacial score (nSPS) is 17.0. The van der Waals surface area contributed by atoms with Crippen LogP contribution in [0, 0.1) is 6.92 Å². The van der Waals surface area contributed by atoms with Crippen LogP contribution in [0.15, 0.2) is 47.4 Å². The molecule has 8 heteroatoms. The molecular weight excluding hydrogens is 388 g/mol. The molecule has 0 spiro atoms. The molecule has 1 aliphatic rings. The molecule has 1 heterocycles. The maximum atomic E-state index is 12.3. The molecule has 1 aliphatic heterocycles. The Labute approximate surface area is 163 Å². The molecule has 0 aliphatic carbocycles. The Morgan fingerprint density at radius 3 is 2.59 bits per heavy atom. The van der Waals surface area contributed by atoms with Gasteiger partial charge in [0.15, 0.2) is 0 Å². The maximum absolute atomic E-state index is 12.3. The number of hydrogen-bond acceptors (Lipinski definition) is 4. The number of sulfonamides is 1. The van der Waals surface area contributed by atoms with Gasteiger partial charge in [-0.25, -0.2) is 13.1 Å². The van der Waals surface area contributed by atoms with Gasteiger partial charge < -0.3 is 10.1 Å². The third kappa shape index (κ3) is 5.07. The van der Waals surface area contributed by atoms with E-state index in [1.54, 1.807) is 12.1 Å². The van der Waals surface area contributed by atoms with Crippen LogP contribution in [0.2, 0.25) is 5.02 Å². The minimum absolute atomic E-state index is 0.0776. The summed E-state index contributed by atoms with van der Waals surface area (Å²) in [4.78, 5) is 12.4. The van der Waals surface area contributed by atoms with Crippen molar-refractivity contribution < 1.29 is 17.9 Å². The highest BCUT2D eigenvalue weighted by Crippen LogP contribution is 2.21. The van der Waals surface area contributed by atoms with E-state index in [9.17, 15) is 13.2 Å². The predicted octanol–water partition coefficient (Wildman–Crippen LogP) is 3.36. The molecule has 0 bridgehead atoms. The van der Waals surface area contributed by atoms with Gasteiger partial charge in [-0.2, -0.15) is 0 Å². The van der Waals surface area contributed by atoms with Gasteiger partial charge in [0.25, 0.3) is 5.91 Å². The fourth-order valence-corrected chi connectivity index (χ4v) is 4.00. The van der Waals surface area contributed by atoms with Gasteiger partial charge in [-0.05, 0) is 61.7 Å². The molecule has 144 valence electrons. The number of carbonyl (C=O) groups is 1. The highest BCUT2D eigenvalue weighted by Gasteiger charge is 2.20. The van der Waals surface area contributed by atoms with E-state index in [4.69, 9.17) is 16.3 Å². The number of rotatable bonds is 6. The number of nitrogens with one attached hydrogen (secondary N) is 2. The zero-order chi connectivity index (χ0) is 19.4. The van der Waals surface area contributed by atoms with Crippen LogP contribution in [-0.4, -0.2) is 33.6 Å². The Hall–Kier alpha value is -1.93. The lowest BCUT2D eigenvalue weighted by molar-refractivity contribution is 0.102. The number of benzene rings is 2. The molecular formula is C19H21ClN2O4S. The molecule has 0 unspecified atom stereocenters. The van der Waals surface area contributed by atoms with Gasteiger partial charge >= 0.3 is 0 Å². The molecule has 27 heavy (non-hydrogen) atoms. The molecule has 2 aromatic rings. The molecule has 2 N–H and O–H groups in total. The number of hydrogen-bond donors (Lipinski definition) is 2. The van der Waals surface area contributed by atoms with Crippen LogP contribution < -0.4 is 10.0 Å². The highest BCUT2D eigenvalue weighted by atomic mass is 35.5. The second kappa shape index (κ2) is 8.39. The number of ether oxygens (including phenoxy) is 1. The lowest BCUT2D eigenvalue weighted by Crippen LogP contribution is -2.31. The van der Waals surface area contributed by atoms with Gasteiger partial charge in [0, 0.05) is 29.4 Å². The van der Waals surface area contributed by atoms with E-state index in [0.29, 0.717) is 22.9 Å². The number of aryl methyl sites for hydroxylation is 1. The minimum atomic E-state index is -3.64.